The van der Waals surface area contributed by atoms with Crippen LogP contribution in [0.4, 0.5) is 0 Å². The number of fused-ring (bicyclic) bond motifs is 1. The third-order valence-corrected chi connectivity index (χ3v) is 4.97. The number of nitrogens with zero attached hydrogens (tertiary/aromatic N) is 1. The Morgan fingerprint density at radius 3 is 2.65 bits per heavy atom. The molecule has 0 spiro atoms. The van der Waals surface area contributed by atoms with Gasteiger partial charge in [0.1, 0.15) is 5.75 Å². The third-order valence-electron chi connectivity index (χ3n) is 4.97. The number of carbonyl (C=O) groups excluding carboxylic acids is 2. The SMILES string of the molecule is O=C(CN1CCCC1=O)NCc1ccc(-c2ccc3c(c2)CCO3)cc1. The zero-order valence-electron chi connectivity index (χ0n) is 14.7. The van der Waals surface area contributed by atoms with Crippen LogP contribution >= 0.6 is 0 Å². The first-order valence-electron chi connectivity index (χ1n) is 9.08. The summed E-state index contributed by atoms with van der Waals surface area (Å²) < 4.78 is 5.55. The molecule has 1 fully saturated rings. The molecule has 2 aromatic rings. The highest BCUT2D eigenvalue weighted by Gasteiger charge is 2.22. The van der Waals surface area contributed by atoms with Crippen molar-refractivity contribution in [1.29, 1.82) is 0 Å². The van der Waals surface area contributed by atoms with Crippen molar-refractivity contribution in [3.05, 3.63) is 53.6 Å². The molecule has 26 heavy (non-hydrogen) atoms. The van der Waals surface area contributed by atoms with Crippen molar-refractivity contribution >= 4 is 11.8 Å². The normalized spacial score (nSPS) is 15.7. The predicted octanol–water partition coefficient (Wildman–Crippen LogP) is 2.53. The summed E-state index contributed by atoms with van der Waals surface area (Å²) in [6, 6.07) is 14.5. The molecule has 1 saturated heterocycles. The van der Waals surface area contributed by atoms with E-state index in [0.29, 0.717) is 19.5 Å². The summed E-state index contributed by atoms with van der Waals surface area (Å²) in [6.45, 7) is 2.08. The minimum absolute atomic E-state index is 0.0734. The van der Waals surface area contributed by atoms with E-state index in [-0.39, 0.29) is 18.4 Å². The first kappa shape index (κ1) is 16.6. The Morgan fingerprint density at radius 1 is 1.08 bits per heavy atom. The van der Waals surface area contributed by atoms with E-state index < -0.39 is 0 Å². The van der Waals surface area contributed by atoms with Gasteiger partial charge >= 0.3 is 0 Å². The lowest BCUT2D eigenvalue weighted by molar-refractivity contribution is -0.133. The van der Waals surface area contributed by atoms with E-state index in [2.05, 4.69) is 29.6 Å². The largest absolute Gasteiger partial charge is 0.493 e. The van der Waals surface area contributed by atoms with Gasteiger partial charge < -0.3 is 15.0 Å². The van der Waals surface area contributed by atoms with Crippen LogP contribution < -0.4 is 10.1 Å². The molecule has 5 nitrogen and oxygen atoms in total. The van der Waals surface area contributed by atoms with Crippen LogP contribution in [0.5, 0.6) is 5.75 Å². The number of ether oxygens (including phenoxy) is 1. The van der Waals surface area contributed by atoms with Crippen LogP contribution in [-0.4, -0.2) is 36.4 Å². The molecule has 134 valence electrons. The first-order valence-corrected chi connectivity index (χ1v) is 9.08. The van der Waals surface area contributed by atoms with E-state index in [1.807, 2.05) is 18.2 Å². The quantitative estimate of drug-likeness (QED) is 0.901. The zero-order chi connectivity index (χ0) is 17.9. The third kappa shape index (κ3) is 3.57. The fraction of sp³-hybridized carbons (Fsp3) is 0.333. The Hall–Kier alpha value is -2.82. The molecular formula is C21H22N2O3. The van der Waals surface area contributed by atoms with Crippen LogP contribution in [0.15, 0.2) is 42.5 Å². The fourth-order valence-electron chi connectivity index (χ4n) is 3.48. The van der Waals surface area contributed by atoms with Gasteiger partial charge in [-0.05, 0) is 40.8 Å². The highest BCUT2D eigenvalue weighted by molar-refractivity contribution is 5.85. The maximum absolute atomic E-state index is 12.0. The monoisotopic (exact) mass is 350 g/mol. The number of hydrogen-bond acceptors (Lipinski definition) is 3. The number of benzene rings is 2. The van der Waals surface area contributed by atoms with E-state index >= 15 is 0 Å². The minimum Gasteiger partial charge on any atom is -0.493 e. The molecule has 0 unspecified atom stereocenters. The molecule has 2 amide bonds. The number of nitrogens with one attached hydrogen (secondary N) is 1. The molecule has 2 aromatic carbocycles. The summed E-state index contributed by atoms with van der Waals surface area (Å²) in [5, 5.41) is 2.89. The molecule has 5 heteroatoms. The van der Waals surface area contributed by atoms with Crippen LogP contribution in [0.25, 0.3) is 11.1 Å². The summed E-state index contributed by atoms with van der Waals surface area (Å²) in [5.74, 6) is 0.955. The highest BCUT2D eigenvalue weighted by Crippen LogP contribution is 2.30. The Bertz CT molecular complexity index is 830. The summed E-state index contributed by atoms with van der Waals surface area (Å²) in [6.07, 6.45) is 2.37. The van der Waals surface area contributed by atoms with Gasteiger partial charge in [0.25, 0.3) is 0 Å². The lowest BCUT2D eigenvalue weighted by atomic mass is 10.0. The second-order valence-electron chi connectivity index (χ2n) is 6.81. The second-order valence-corrected chi connectivity index (χ2v) is 6.81. The van der Waals surface area contributed by atoms with Crippen molar-refractivity contribution in [3.63, 3.8) is 0 Å². The fourth-order valence-corrected chi connectivity index (χ4v) is 3.48. The van der Waals surface area contributed by atoms with E-state index in [9.17, 15) is 9.59 Å². The molecule has 0 aromatic heterocycles. The van der Waals surface area contributed by atoms with Crippen molar-refractivity contribution < 1.29 is 14.3 Å². The number of carbonyl (C=O) groups is 2. The van der Waals surface area contributed by atoms with Crippen molar-refractivity contribution in [1.82, 2.24) is 10.2 Å². The van der Waals surface area contributed by atoms with Gasteiger partial charge in [0.2, 0.25) is 11.8 Å². The van der Waals surface area contributed by atoms with Gasteiger partial charge in [0, 0.05) is 25.9 Å². The van der Waals surface area contributed by atoms with Crippen LogP contribution in [-0.2, 0) is 22.6 Å². The van der Waals surface area contributed by atoms with Crippen molar-refractivity contribution in [2.45, 2.75) is 25.8 Å². The van der Waals surface area contributed by atoms with Crippen LogP contribution in [0.2, 0.25) is 0 Å². The van der Waals surface area contributed by atoms with E-state index in [4.69, 9.17) is 4.74 Å². The van der Waals surface area contributed by atoms with Gasteiger partial charge in [-0.3, -0.25) is 9.59 Å². The van der Waals surface area contributed by atoms with E-state index in [0.717, 1.165) is 36.3 Å². The lowest BCUT2D eigenvalue weighted by Crippen LogP contribution is -2.37. The van der Waals surface area contributed by atoms with Crippen molar-refractivity contribution in [3.8, 4) is 16.9 Å². The molecular weight excluding hydrogens is 328 g/mol. The number of hydrogen-bond donors (Lipinski definition) is 1. The molecule has 4 rings (SSSR count). The highest BCUT2D eigenvalue weighted by atomic mass is 16.5. The van der Waals surface area contributed by atoms with Crippen molar-refractivity contribution in [2.75, 3.05) is 19.7 Å². The Balaban J connectivity index is 1.34. The smallest absolute Gasteiger partial charge is 0.239 e. The topological polar surface area (TPSA) is 58.6 Å². The number of likely N-dealkylation sites (tertiary alicyclic amines) is 1. The van der Waals surface area contributed by atoms with Gasteiger partial charge in [0.15, 0.2) is 0 Å². The van der Waals surface area contributed by atoms with Crippen LogP contribution in [0.3, 0.4) is 0 Å². The van der Waals surface area contributed by atoms with E-state index in [1.165, 1.54) is 11.1 Å². The summed E-state index contributed by atoms with van der Waals surface area (Å²) in [7, 11) is 0. The van der Waals surface area contributed by atoms with Gasteiger partial charge in [-0.1, -0.05) is 30.3 Å². The number of amides is 2. The van der Waals surface area contributed by atoms with Crippen LogP contribution in [0.1, 0.15) is 24.0 Å². The Morgan fingerprint density at radius 2 is 1.88 bits per heavy atom. The van der Waals surface area contributed by atoms with Gasteiger partial charge in [-0.15, -0.1) is 0 Å². The average Bonchev–Trinajstić information content (AvgIpc) is 3.29. The lowest BCUT2D eigenvalue weighted by Gasteiger charge is -2.15. The predicted molar refractivity (Wildman–Crippen MR) is 98.7 cm³/mol. The summed E-state index contributed by atoms with van der Waals surface area (Å²) >= 11 is 0. The standard InChI is InChI=1S/C21H22N2O3/c24-20(14-23-10-1-2-21(23)25)22-13-15-3-5-16(6-4-15)17-7-8-19-18(12-17)9-11-26-19/h3-8,12H,1-2,9-11,13-14H2,(H,22,24). The summed E-state index contributed by atoms with van der Waals surface area (Å²) in [4.78, 5) is 25.2. The minimum atomic E-state index is -0.108. The van der Waals surface area contributed by atoms with Gasteiger partial charge in [0.05, 0.1) is 13.2 Å². The molecule has 2 heterocycles. The first-order chi connectivity index (χ1) is 12.7. The maximum Gasteiger partial charge on any atom is 0.239 e. The number of rotatable bonds is 5. The molecule has 2 aliphatic rings. The molecule has 0 saturated carbocycles. The van der Waals surface area contributed by atoms with Crippen LogP contribution in [0, 0.1) is 0 Å². The summed E-state index contributed by atoms with van der Waals surface area (Å²) in [5.41, 5.74) is 4.63. The zero-order valence-corrected chi connectivity index (χ0v) is 14.7. The molecule has 1 N–H and O–H groups in total. The maximum atomic E-state index is 12.0. The molecule has 0 aliphatic carbocycles. The molecule has 2 aliphatic heterocycles. The molecule has 0 radical (unpaired) electrons. The van der Waals surface area contributed by atoms with Crippen molar-refractivity contribution in [2.24, 2.45) is 0 Å². The van der Waals surface area contributed by atoms with Gasteiger partial charge in [-0.25, -0.2) is 0 Å². The molecule has 0 bridgehead atoms. The molecule has 0 atom stereocenters. The Kier molecular flexibility index (Phi) is 4.61. The van der Waals surface area contributed by atoms with E-state index in [1.54, 1.807) is 4.90 Å². The Labute approximate surface area is 153 Å². The second kappa shape index (κ2) is 7.20. The average molecular weight is 350 g/mol. The van der Waals surface area contributed by atoms with Gasteiger partial charge in [-0.2, -0.15) is 0 Å².